The summed E-state index contributed by atoms with van der Waals surface area (Å²) in [4.78, 5) is 43.5. The van der Waals surface area contributed by atoms with Gasteiger partial charge in [-0.15, -0.1) is 0 Å². The third kappa shape index (κ3) is 4.57. The molecule has 0 bridgehead atoms. The summed E-state index contributed by atoms with van der Waals surface area (Å²) in [5, 5.41) is 9.91. The van der Waals surface area contributed by atoms with Gasteiger partial charge in [0.05, 0.1) is 37.4 Å². The molecule has 3 aliphatic rings. The van der Waals surface area contributed by atoms with Crippen LogP contribution in [0.4, 0.5) is 4.79 Å². The molecule has 8 heteroatoms. The quantitative estimate of drug-likeness (QED) is 0.454. The Bertz CT molecular complexity index is 1280. The van der Waals surface area contributed by atoms with E-state index >= 15 is 0 Å². The number of phenols is 1. The van der Waals surface area contributed by atoms with Gasteiger partial charge in [-0.3, -0.25) is 14.6 Å². The average molecular weight is 503 g/mol. The summed E-state index contributed by atoms with van der Waals surface area (Å²) < 4.78 is 11.0. The van der Waals surface area contributed by atoms with Crippen LogP contribution in [-0.2, 0) is 19.1 Å². The minimum Gasteiger partial charge on any atom is -0.508 e. The number of benzene rings is 1. The lowest BCUT2D eigenvalue weighted by molar-refractivity contribution is -0.137. The van der Waals surface area contributed by atoms with Gasteiger partial charge < -0.3 is 14.6 Å². The first kappa shape index (κ1) is 24.9. The van der Waals surface area contributed by atoms with Crippen LogP contribution in [0.1, 0.15) is 43.9 Å². The predicted octanol–water partition coefficient (Wildman–Crippen LogP) is 4.60. The summed E-state index contributed by atoms with van der Waals surface area (Å²) >= 11 is 0. The van der Waals surface area contributed by atoms with E-state index in [1.807, 2.05) is 30.3 Å². The zero-order chi connectivity index (χ0) is 26.1. The van der Waals surface area contributed by atoms with Crippen molar-refractivity contribution in [2.75, 3.05) is 13.7 Å². The Morgan fingerprint density at radius 3 is 2.73 bits per heavy atom. The topological polar surface area (TPSA) is 106 Å². The van der Waals surface area contributed by atoms with E-state index in [1.165, 1.54) is 7.11 Å². The molecular formula is C29H30N2O6. The standard InChI is InChI=1S/C29H30N2O6/c1-3-18-15-21-26(28(34)31(27(21)33)29(35)36-2)22-16-37-24(25(18)22)11-10-19(23-9-4-5-12-30-23)13-17-7-6-8-20(32)14-17/h4-9,12-14,21-22,24,26,32H,3,10-11,15-16H2,1-2H3/b19-13-/t21-,22+,24-,26-/m1/s1. The van der Waals surface area contributed by atoms with E-state index in [4.69, 9.17) is 9.47 Å². The largest absolute Gasteiger partial charge is 0.508 e. The van der Waals surface area contributed by atoms with Crippen molar-refractivity contribution in [2.45, 2.75) is 38.7 Å². The molecule has 2 aliphatic heterocycles. The third-order valence-corrected chi connectivity index (χ3v) is 7.67. The number of aromatic hydroxyl groups is 1. The first-order valence-electron chi connectivity index (χ1n) is 12.6. The molecule has 1 N–H and O–H groups in total. The number of imide groups is 3. The molecule has 2 saturated heterocycles. The lowest BCUT2D eigenvalue weighted by Crippen LogP contribution is -2.38. The summed E-state index contributed by atoms with van der Waals surface area (Å²) in [7, 11) is 1.17. The van der Waals surface area contributed by atoms with E-state index in [9.17, 15) is 19.5 Å². The molecule has 0 spiro atoms. The molecule has 1 aliphatic carbocycles. The van der Waals surface area contributed by atoms with Crippen LogP contribution in [0, 0.1) is 17.8 Å². The van der Waals surface area contributed by atoms with Crippen LogP contribution >= 0.6 is 0 Å². The van der Waals surface area contributed by atoms with Crippen molar-refractivity contribution in [3.05, 3.63) is 71.1 Å². The summed E-state index contributed by atoms with van der Waals surface area (Å²) in [6.07, 6.45) is 5.22. The molecule has 2 fully saturated rings. The van der Waals surface area contributed by atoms with Crippen LogP contribution in [0.15, 0.2) is 59.8 Å². The number of hydrogen-bond donors (Lipinski definition) is 1. The molecule has 0 saturated carbocycles. The van der Waals surface area contributed by atoms with Crippen LogP contribution in [-0.4, -0.2) is 52.7 Å². The first-order valence-corrected chi connectivity index (χ1v) is 12.6. The fraction of sp³-hybridized carbons (Fsp3) is 0.379. The van der Waals surface area contributed by atoms with Gasteiger partial charge in [0, 0.05) is 12.1 Å². The van der Waals surface area contributed by atoms with Crippen LogP contribution in [0.5, 0.6) is 5.75 Å². The Balaban J connectivity index is 1.41. The molecule has 192 valence electrons. The number of pyridine rings is 1. The normalized spacial score (nSPS) is 25.4. The summed E-state index contributed by atoms with van der Waals surface area (Å²) in [6, 6.07) is 12.8. The van der Waals surface area contributed by atoms with Crippen LogP contribution in [0.3, 0.4) is 0 Å². The van der Waals surface area contributed by atoms with Crippen LogP contribution in [0.2, 0.25) is 0 Å². The third-order valence-electron chi connectivity index (χ3n) is 7.67. The first-order chi connectivity index (χ1) is 17.9. The van der Waals surface area contributed by atoms with E-state index < -0.39 is 29.7 Å². The number of phenolic OH excluding ortho intramolecular Hbond substituents is 1. The van der Waals surface area contributed by atoms with Crippen LogP contribution in [0.25, 0.3) is 11.6 Å². The minimum absolute atomic E-state index is 0.188. The minimum atomic E-state index is -0.920. The number of hydrogen-bond acceptors (Lipinski definition) is 7. The smallest absolute Gasteiger partial charge is 0.423 e. The highest BCUT2D eigenvalue weighted by Gasteiger charge is 2.58. The van der Waals surface area contributed by atoms with Crippen molar-refractivity contribution in [3.8, 4) is 5.75 Å². The van der Waals surface area contributed by atoms with Gasteiger partial charge in [0.25, 0.3) is 0 Å². The zero-order valence-corrected chi connectivity index (χ0v) is 20.9. The maximum absolute atomic E-state index is 13.2. The fourth-order valence-corrected chi connectivity index (χ4v) is 6.01. The van der Waals surface area contributed by atoms with Gasteiger partial charge in [0.15, 0.2) is 0 Å². The second-order valence-corrected chi connectivity index (χ2v) is 9.68. The number of methoxy groups -OCH3 is 1. The van der Waals surface area contributed by atoms with E-state index in [2.05, 4.69) is 11.9 Å². The van der Waals surface area contributed by atoms with Crippen molar-refractivity contribution >= 4 is 29.6 Å². The average Bonchev–Trinajstić information content (AvgIpc) is 3.44. The summed E-state index contributed by atoms with van der Waals surface area (Å²) in [5.41, 5.74) is 4.97. The monoisotopic (exact) mass is 502 g/mol. The van der Waals surface area contributed by atoms with Gasteiger partial charge in [0.2, 0.25) is 11.8 Å². The molecule has 1 aromatic heterocycles. The van der Waals surface area contributed by atoms with Crippen molar-refractivity contribution in [1.29, 1.82) is 0 Å². The molecule has 3 heterocycles. The Morgan fingerprint density at radius 2 is 2.03 bits per heavy atom. The second-order valence-electron chi connectivity index (χ2n) is 9.68. The van der Waals surface area contributed by atoms with Crippen molar-refractivity contribution in [1.82, 2.24) is 9.88 Å². The number of carbonyl (C=O) groups is 3. The van der Waals surface area contributed by atoms with Crippen molar-refractivity contribution in [2.24, 2.45) is 17.8 Å². The fourth-order valence-electron chi connectivity index (χ4n) is 6.01. The number of aromatic nitrogens is 1. The molecule has 1 aromatic carbocycles. The molecule has 3 amide bonds. The highest BCUT2D eigenvalue weighted by atomic mass is 16.5. The lowest BCUT2D eigenvalue weighted by Gasteiger charge is -2.31. The number of rotatable bonds is 6. The number of ether oxygens (including phenoxy) is 2. The maximum atomic E-state index is 13.2. The number of carbonyl (C=O) groups excluding carboxylic acids is 3. The number of amides is 3. The van der Waals surface area contributed by atoms with E-state index in [-0.39, 0.29) is 17.8 Å². The number of fused-ring (bicyclic) bond motifs is 3. The Morgan fingerprint density at radius 1 is 1.19 bits per heavy atom. The van der Waals surface area contributed by atoms with Crippen molar-refractivity contribution < 1.29 is 29.0 Å². The predicted molar refractivity (Wildman–Crippen MR) is 136 cm³/mol. The van der Waals surface area contributed by atoms with Gasteiger partial charge in [-0.2, -0.15) is 4.90 Å². The van der Waals surface area contributed by atoms with E-state index in [0.717, 1.165) is 34.4 Å². The number of nitrogens with zero attached hydrogens (tertiary/aromatic N) is 2. The van der Waals surface area contributed by atoms with Gasteiger partial charge in [-0.1, -0.05) is 30.7 Å². The number of allylic oxidation sites excluding steroid dienone is 2. The van der Waals surface area contributed by atoms with Gasteiger partial charge in [0.1, 0.15) is 5.75 Å². The second kappa shape index (κ2) is 10.3. The molecular weight excluding hydrogens is 472 g/mol. The van der Waals surface area contributed by atoms with E-state index in [1.54, 1.807) is 24.4 Å². The molecule has 8 nitrogen and oxygen atoms in total. The summed E-state index contributed by atoms with van der Waals surface area (Å²) in [5.74, 6) is -2.13. The Labute approximate surface area is 215 Å². The molecule has 2 aromatic rings. The van der Waals surface area contributed by atoms with Crippen molar-refractivity contribution in [3.63, 3.8) is 0 Å². The van der Waals surface area contributed by atoms with E-state index in [0.29, 0.717) is 30.8 Å². The SMILES string of the molecule is CCC1=C2[C@@H](CC/C(=C/c3cccc(O)c3)c3ccccn3)OC[C@@H]2[C@@H]2C(=O)N(C(=O)OC)C(=O)[C@@H]2C1. The Hall–Kier alpha value is -3.78. The van der Waals surface area contributed by atoms with Gasteiger partial charge in [-0.25, -0.2) is 4.79 Å². The highest BCUT2D eigenvalue weighted by Crippen LogP contribution is 2.50. The molecule has 0 unspecified atom stereocenters. The Kier molecular flexibility index (Phi) is 6.93. The molecule has 37 heavy (non-hydrogen) atoms. The molecule has 5 rings (SSSR count). The molecule has 4 atom stereocenters. The lowest BCUT2D eigenvalue weighted by atomic mass is 9.69. The molecule has 0 radical (unpaired) electrons. The zero-order valence-electron chi connectivity index (χ0n) is 20.9. The summed E-state index contributed by atoms with van der Waals surface area (Å²) in [6.45, 7) is 2.39. The highest BCUT2D eigenvalue weighted by molar-refractivity contribution is 6.16. The maximum Gasteiger partial charge on any atom is 0.423 e. The van der Waals surface area contributed by atoms with Gasteiger partial charge >= 0.3 is 6.09 Å². The van der Waals surface area contributed by atoms with Crippen LogP contribution < -0.4 is 0 Å². The van der Waals surface area contributed by atoms with Gasteiger partial charge in [-0.05, 0) is 72.7 Å². The number of likely N-dealkylation sites (tertiary alicyclic amines) is 1.